The standard InChI is InChI=1S/C10H11IO3.C8H11N/c1-7(10(12)13)14-6-8-2-4-9(11)5-3-8;1-7(9)8-5-3-2-4-6-8/h2-5,7H,6H2,1H3,(H,12,13);2-7H,9H2,1H3/t2*7-/m01/s1. The van der Waals surface area contributed by atoms with E-state index >= 15 is 0 Å². The van der Waals surface area contributed by atoms with Crippen molar-refractivity contribution in [2.45, 2.75) is 32.6 Å². The number of carboxylic acids is 1. The first kappa shape index (κ1) is 19.6. The Morgan fingerprint density at radius 2 is 1.70 bits per heavy atom. The van der Waals surface area contributed by atoms with Crippen molar-refractivity contribution in [3.8, 4) is 0 Å². The fraction of sp³-hybridized carbons (Fsp3) is 0.278. The normalized spacial score (nSPS) is 12.7. The molecule has 3 N–H and O–H groups in total. The van der Waals surface area contributed by atoms with Crippen LogP contribution >= 0.6 is 22.6 Å². The van der Waals surface area contributed by atoms with Crippen LogP contribution in [0.25, 0.3) is 0 Å². The largest absolute Gasteiger partial charge is 0.479 e. The highest BCUT2D eigenvalue weighted by Gasteiger charge is 2.10. The van der Waals surface area contributed by atoms with Gasteiger partial charge in [0.25, 0.3) is 0 Å². The van der Waals surface area contributed by atoms with Crippen molar-refractivity contribution in [2.24, 2.45) is 5.73 Å². The van der Waals surface area contributed by atoms with E-state index in [1.54, 1.807) is 0 Å². The average Bonchev–Trinajstić information content (AvgIpc) is 2.55. The van der Waals surface area contributed by atoms with Gasteiger partial charge in [0.2, 0.25) is 0 Å². The number of hydrogen-bond acceptors (Lipinski definition) is 3. The van der Waals surface area contributed by atoms with Gasteiger partial charge >= 0.3 is 5.97 Å². The Labute approximate surface area is 150 Å². The molecule has 4 nitrogen and oxygen atoms in total. The summed E-state index contributed by atoms with van der Waals surface area (Å²) in [6, 6.07) is 18.0. The van der Waals surface area contributed by atoms with E-state index in [4.69, 9.17) is 15.6 Å². The summed E-state index contributed by atoms with van der Waals surface area (Å²) < 4.78 is 6.28. The topological polar surface area (TPSA) is 72.5 Å². The van der Waals surface area contributed by atoms with E-state index in [1.807, 2.05) is 61.5 Å². The Balaban J connectivity index is 0.000000253. The van der Waals surface area contributed by atoms with Crippen LogP contribution in [0.4, 0.5) is 0 Å². The lowest BCUT2D eigenvalue weighted by Crippen LogP contribution is -2.19. The first-order chi connectivity index (χ1) is 10.9. The molecular weight excluding hydrogens is 405 g/mol. The number of hydrogen-bond donors (Lipinski definition) is 2. The number of aliphatic carboxylic acids is 1. The monoisotopic (exact) mass is 427 g/mol. The van der Waals surface area contributed by atoms with Gasteiger partial charge in [0.15, 0.2) is 6.10 Å². The molecule has 0 heterocycles. The van der Waals surface area contributed by atoms with Crippen LogP contribution in [0.5, 0.6) is 0 Å². The molecule has 0 aliphatic rings. The highest BCUT2D eigenvalue weighted by atomic mass is 127. The molecule has 0 fully saturated rings. The van der Waals surface area contributed by atoms with Crippen molar-refractivity contribution in [1.82, 2.24) is 0 Å². The van der Waals surface area contributed by atoms with Crippen LogP contribution in [0, 0.1) is 3.57 Å². The summed E-state index contributed by atoms with van der Waals surface area (Å²) in [5, 5.41) is 8.58. The summed E-state index contributed by atoms with van der Waals surface area (Å²) in [5.74, 6) is -0.935. The number of rotatable bonds is 5. The Morgan fingerprint density at radius 3 is 2.13 bits per heavy atom. The first-order valence-corrected chi connectivity index (χ1v) is 8.37. The molecule has 0 radical (unpaired) electrons. The second-order valence-electron chi connectivity index (χ2n) is 5.12. The van der Waals surface area contributed by atoms with E-state index in [-0.39, 0.29) is 6.04 Å². The van der Waals surface area contributed by atoms with Gasteiger partial charge < -0.3 is 15.6 Å². The summed E-state index contributed by atoms with van der Waals surface area (Å²) in [6.07, 6.45) is -0.755. The van der Waals surface area contributed by atoms with Crippen LogP contribution in [0.2, 0.25) is 0 Å². The van der Waals surface area contributed by atoms with Crippen LogP contribution in [-0.4, -0.2) is 17.2 Å². The molecule has 0 amide bonds. The summed E-state index contributed by atoms with van der Waals surface area (Å²) in [7, 11) is 0. The Morgan fingerprint density at radius 1 is 1.13 bits per heavy atom. The molecule has 0 saturated heterocycles. The van der Waals surface area contributed by atoms with Crippen molar-refractivity contribution in [2.75, 3.05) is 0 Å². The van der Waals surface area contributed by atoms with Gasteiger partial charge in [-0.15, -0.1) is 0 Å². The summed E-state index contributed by atoms with van der Waals surface area (Å²) in [4.78, 5) is 10.4. The Kier molecular flexibility index (Phi) is 8.83. The molecule has 0 aliphatic heterocycles. The third-order valence-corrected chi connectivity index (χ3v) is 3.81. The van der Waals surface area contributed by atoms with Crippen molar-refractivity contribution in [3.63, 3.8) is 0 Å². The lowest BCUT2D eigenvalue weighted by molar-refractivity contribution is -0.149. The summed E-state index contributed by atoms with van der Waals surface area (Å²) in [5.41, 5.74) is 7.79. The van der Waals surface area contributed by atoms with Gasteiger partial charge in [-0.1, -0.05) is 42.5 Å². The van der Waals surface area contributed by atoms with Crippen molar-refractivity contribution in [3.05, 3.63) is 69.3 Å². The number of benzene rings is 2. The van der Waals surface area contributed by atoms with Crippen LogP contribution in [0.1, 0.15) is 31.0 Å². The second kappa shape index (κ2) is 10.4. The van der Waals surface area contributed by atoms with Crippen molar-refractivity contribution < 1.29 is 14.6 Å². The van der Waals surface area contributed by atoms with Gasteiger partial charge in [0.1, 0.15) is 0 Å². The molecule has 0 saturated carbocycles. The second-order valence-corrected chi connectivity index (χ2v) is 6.36. The SMILES string of the molecule is C[C@@H](N)c1ccccc1.C[C@H](OCc1ccc(I)cc1)C(=O)O. The molecule has 0 aliphatic carbocycles. The molecule has 0 bridgehead atoms. The molecule has 0 spiro atoms. The van der Waals surface area contributed by atoms with Gasteiger partial charge in [-0.05, 0) is 59.7 Å². The zero-order valence-electron chi connectivity index (χ0n) is 13.3. The Bertz CT molecular complexity index is 585. The van der Waals surface area contributed by atoms with Crippen LogP contribution in [0.15, 0.2) is 54.6 Å². The summed E-state index contributed by atoms with van der Waals surface area (Å²) in [6.45, 7) is 3.84. The predicted octanol–water partition coefficient (Wildman–Crippen LogP) is 3.99. The minimum atomic E-state index is -0.935. The molecule has 0 aromatic heterocycles. The number of ether oxygens (including phenoxy) is 1. The molecule has 124 valence electrons. The van der Waals surface area contributed by atoms with E-state index < -0.39 is 12.1 Å². The molecule has 23 heavy (non-hydrogen) atoms. The fourth-order valence-electron chi connectivity index (χ4n) is 1.63. The predicted molar refractivity (Wildman–Crippen MR) is 100 cm³/mol. The van der Waals surface area contributed by atoms with Crippen molar-refractivity contribution in [1.29, 1.82) is 0 Å². The van der Waals surface area contributed by atoms with Gasteiger partial charge in [-0.25, -0.2) is 4.79 Å². The minimum Gasteiger partial charge on any atom is -0.479 e. The first-order valence-electron chi connectivity index (χ1n) is 7.29. The smallest absolute Gasteiger partial charge is 0.332 e. The highest BCUT2D eigenvalue weighted by Crippen LogP contribution is 2.09. The maximum Gasteiger partial charge on any atom is 0.332 e. The van der Waals surface area contributed by atoms with Crippen LogP contribution < -0.4 is 5.73 Å². The lowest BCUT2D eigenvalue weighted by Gasteiger charge is -2.08. The summed E-state index contributed by atoms with van der Waals surface area (Å²) >= 11 is 2.21. The number of carboxylic acid groups (broad SMARTS) is 1. The molecule has 2 rings (SSSR count). The molecule has 0 unspecified atom stereocenters. The zero-order valence-corrected chi connectivity index (χ0v) is 15.4. The fourth-order valence-corrected chi connectivity index (χ4v) is 1.99. The molecule has 2 aromatic rings. The van der Waals surface area contributed by atoms with Gasteiger partial charge in [-0.2, -0.15) is 0 Å². The van der Waals surface area contributed by atoms with Crippen LogP contribution in [0.3, 0.4) is 0 Å². The van der Waals surface area contributed by atoms with Gasteiger partial charge in [0.05, 0.1) is 6.61 Å². The van der Waals surface area contributed by atoms with Gasteiger partial charge in [-0.3, -0.25) is 0 Å². The van der Waals surface area contributed by atoms with Crippen LogP contribution in [-0.2, 0) is 16.1 Å². The molecule has 2 atom stereocenters. The maximum absolute atomic E-state index is 10.4. The third-order valence-electron chi connectivity index (χ3n) is 3.09. The van der Waals surface area contributed by atoms with E-state index in [0.717, 1.165) is 9.13 Å². The van der Waals surface area contributed by atoms with E-state index in [2.05, 4.69) is 22.6 Å². The third kappa shape index (κ3) is 8.11. The van der Waals surface area contributed by atoms with E-state index in [0.29, 0.717) is 6.61 Å². The molecular formula is C18H22INO3. The van der Waals surface area contributed by atoms with Gasteiger partial charge in [0, 0.05) is 9.61 Å². The minimum absolute atomic E-state index is 0.159. The number of nitrogens with two attached hydrogens (primary N) is 1. The Hall–Kier alpha value is -1.44. The molecule has 2 aromatic carbocycles. The van der Waals surface area contributed by atoms with E-state index in [9.17, 15) is 4.79 Å². The average molecular weight is 427 g/mol. The lowest BCUT2D eigenvalue weighted by atomic mass is 10.1. The van der Waals surface area contributed by atoms with E-state index in [1.165, 1.54) is 12.5 Å². The highest BCUT2D eigenvalue weighted by molar-refractivity contribution is 14.1. The maximum atomic E-state index is 10.4. The molecule has 5 heteroatoms. The van der Waals surface area contributed by atoms with Crippen molar-refractivity contribution >= 4 is 28.6 Å². The number of halogens is 1. The number of carbonyl (C=O) groups is 1. The zero-order chi connectivity index (χ0) is 17.2. The quantitative estimate of drug-likeness (QED) is 0.708.